The van der Waals surface area contributed by atoms with E-state index in [2.05, 4.69) is 24.6 Å². The van der Waals surface area contributed by atoms with Gasteiger partial charge in [0.05, 0.1) is 11.3 Å². The number of thioether (sulfide) groups is 2. The maximum atomic E-state index is 9.38. The molecule has 0 radical (unpaired) electrons. The highest BCUT2D eigenvalue weighted by Gasteiger charge is 2.35. The third-order valence-electron chi connectivity index (χ3n) is 3.74. The maximum absolute atomic E-state index is 9.38. The van der Waals surface area contributed by atoms with Crippen molar-refractivity contribution >= 4 is 29.2 Å². The van der Waals surface area contributed by atoms with Crippen LogP contribution in [-0.4, -0.2) is 23.3 Å². The lowest BCUT2D eigenvalue weighted by molar-refractivity contribution is 0.380. The van der Waals surface area contributed by atoms with Gasteiger partial charge in [-0.25, -0.2) is 0 Å². The fourth-order valence-corrected chi connectivity index (χ4v) is 4.05. The van der Waals surface area contributed by atoms with E-state index in [1.54, 1.807) is 11.8 Å². The fraction of sp³-hybridized carbons (Fsp3) is 0.533. The topological polar surface area (TPSA) is 35.8 Å². The Labute approximate surface area is 124 Å². The molecule has 0 spiro atoms. The summed E-state index contributed by atoms with van der Waals surface area (Å²) < 4.78 is 0.390. The molecule has 2 rings (SSSR count). The Morgan fingerprint density at radius 2 is 2.21 bits per heavy atom. The summed E-state index contributed by atoms with van der Waals surface area (Å²) in [6, 6.07) is 8.44. The number of hydrogen-bond donors (Lipinski definition) is 1. The van der Waals surface area contributed by atoms with Crippen LogP contribution in [0, 0.1) is 11.3 Å². The van der Waals surface area contributed by atoms with Crippen LogP contribution in [0.4, 0.5) is 5.69 Å². The van der Waals surface area contributed by atoms with E-state index in [0.29, 0.717) is 4.75 Å². The van der Waals surface area contributed by atoms with Crippen molar-refractivity contribution in [2.75, 3.05) is 23.9 Å². The van der Waals surface area contributed by atoms with E-state index in [1.165, 1.54) is 19.3 Å². The van der Waals surface area contributed by atoms with Gasteiger partial charge in [0.25, 0.3) is 0 Å². The van der Waals surface area contributed by atoms with Crippen molar-refractivity contribution in [1.82, 2.24) is 0 Å². The second-order valence-electron chi connectivity index (χ2n) is 4.82. The highest BCUT2D eigenvalue weighted by atomic mass is 32.2. The number of nitrogens with zero attached hydrogens (tertiary/aromatic N) is 1. The van der Waals surface area contributed by atoms with E-state index in [4.69, 9.17) is 0 Å². The molecule has 1 saturated carbocycles. The van der Waals surface area contributed by atoms with Gasteiger partial charge in [-0.2, -0.15) is 17.0 Å². The Kier molecular flexibility index (Phi) is 5.06. The molecule has 0 saturated heterocycles. The normalized spacial score (nSPS) is 16.5. The Hall–Kier alpha value is -0.790. The fourth-order valence-electron chi connectivity index (χ4n) is 2.35. The van der Waals surface area contributed by atoms with Crippen molar-refractivity contribution in [3.8, 4) is 6.07 Å². The van der Waals surface area contributed by atoms with Crippen molar-refractivity contribution < 1.29 is 0 Å². The van der Waals surface area contributed by atoms with E-state index in [0.717, 1.165) is 28.4 Å². The van der Waals surface area contributed by atoms with Crippen LogP contribution in [0.25, 0.3) is 0 Å². The molecule has 0 bridgehead atoms. The summed E-state index contributed by atoms with van der Waals surface area (Å²) in [5.41, 5.74) is 1.78. The van der Waals surface area contributed by atoms with Crippen LogP contribution in [0.1, 0.15) is 31.7 Å². The number of nitriles is 1. The summed E-state index contributed by atoms with van der Waals surface area (Å²) in [5.74, 6) is 0.993. The Bertz CT molecular complexity index is 470. The molecule has 0 atom stereocenters. The highest BCUT2D eigenvalue weighted by molar-refractivity contribution is 8.00. The zero-order valence-electron chi connectivity index (χ0n) is 11.5. The number of hydrogen-bond acceptors (Lipinski definition) is 4. The van der Waals surface area contributed by atoms with Gasteiger partial charge in [0.15, 0.2) is 0 Å². The first kappa shape index (κ1) is 14.6. The monoisotopic (exact) mass is 292 g/mol. The van der Waals surface area contributed by atoms with Crippen molar-refractivity contribution in [3.63, 3.8) is 0 Å². The average Bonchev–Trinajstić information content (AvgIpc) is 2.38. The Morgan fingerprint density at radius 3 is 2.74 bits per heavy atom. The maximum Gasteiger partial charge on any atom is 0.102 e. The summed E-state index contributed by atoms with van der Waals surface area (Å²) in [6.45, 7) is 3.08. The van der Waals surface area contributed by atoms with Crippen LogP contribution in [0.15, 0.2) is 23.1 Å². The van der Waals surface area contributed by atoms with Gasteiger partial charge in [-0.1, -0.05) is 19.4 Å². The summed E-state index contributed by atoms with van der Waals surface area (Å²) >= 11 is 3.69. The molecule has 1 aliphatic rings. The van der Waals surface area contributed by atoms with Crippen LogP contribution in [0.2, 0.25) is 0 Å². The molecule has 102 valence electrons. The second kappa shape index (κ2) is 6.58. The van der Waals surface area contributed by atoms with Crippen LogP contribution < -0.4 is 5.32 Å². The second-order valence-corrected chi connectivity index (χ2v) is 7.40. The first-order valence-corrected chi connectivity index (χ1v) is 8.90. The standard InChI is InChI=1S/C15H20N2S2/c1-3-19-14-7-4-6-13(12(14)10-16)17-11-15(18-2)8-5-9-15/h4,6-7,17H,3,5,8-9,11H2,1-2H3. The molecule has 0 aromatic heterocycles. The van der Waals surface area contributed by atoms with E-state index in [1.807, 2.05) is 30.0 Å². The zero-order chi connectivity index (χ0) is 13.7. The molecule has 0 aliphatic heterocycles. The van der Waals surface area contributed by atoms with Crippen molar-refractivity contribution in [1.29, 1.82) is 5.26 Å². The third-order valence-corrected chi connectivity index (χ3v) is 6.10. The predicted molar refractivity (Wildman–Crippen MR) is 86.1 cm³/mol. The van der Waals surface area contributed by atoms with Crippen LogP contribution in [0.5, 0.6) is 0 Å². The molecule has 1 aromatic carbocycles. The lowest BCUT2D eigenvalue weighted by atomic mass is 9.84. The molecule has 1 N–H and O–H groups in total. The van der Waals surface area contributed by atoms with Gasteiger partial charge in [-0.15, -0.1) is 11.8 Å². The van der Waals surface area contributed by atoms with Crippen LogP contribution in [-0.2, 0) is 0 Å². The average molecular weight is 292 g/mol. The molecule has 2 nitrogen and oxygen atoms in total. The molecule has 1 aliphatic carbocycles. The highest BCUT2D eigenvalue weighted by Crippen LogP contribution is 2.43. The van der Waals surface area contributed by atoms with Crippen LogP contribution >= 0.6 is 23.5 Å². The lowest BCUT2D eigenvalue weighted by Crippen LogP contribution is -2.40. The molecule has 0 heterocycles. The summed E-state index contributed by atoms with van der Waals surface area (Å²) in [7, 11) is 0. The van der Waals surface area contributed by atoms with Gasteiger partial charge in [0.2, 0.25) is 0 Å². The van der Waals surface area contributed by atoms with E-state index < -0.39 is 0 Å². The van der Waals surface area contributed by atoms with Crippen molar-refractivity contribution in [3.05, 3.63) is 23.8 Å². The smallest absolute Gasteiger partial charge is 0.102 e. The zero-order valence-corrected chi connectivity index (χ0v) is 13.2. The molecule has 4 heteroatoms. The van der Waals surface area contributed by atoms with Gasteiger partial charge in [0.1, 0.15) is 6.07 Å². The molecule has 0 unspecified atom stereocenters. The minimum atomic E-state index is 0.390. The Balaban J connectivity index is 2.11. The molecular weight excluding hydrogens is 272 g/mol. The van der Waals surface area contributed by atoms with E-state index >= 15 is 0 Å². The van der Waals surface area contributed by atoms with E-state index in [-0.39, 0.29) is 0 Å². The lowest BCUT2D eigenvalue weighted by Gasteiger charge is -2.40. The van der Waals surface area contributed by atoms with Gasteiger partial charge in [-0.3, -0.25) is 0 Å². The van der Waals surface area contributed by atoms with Crippen molar-refractivity contribution in [2.45, 2.75) is 35.8 Å². The Morgan fingerprint density at radius 1 is 1.42 bits per heavy atom. The first-order valence-electron chi connectivity index (χ1n) is 6.69. The summed E-state index contributed by atoms with van der Waals surface area (Å²) in [5, 5.41) is 12.9. The summed E-state index contributed by atoms with van der Waals surface area (Å²) in [4.78, 5) is 1.09. The number of rotatable bonds is 6. The van der Waals surface area contributed by atoms with Gasteiger partial charge in [0, 0.05) is 16.2 Å². The minimum absolute atomic E-state index is 0.390. The van der Waals surface area contributed by atoms with Crippen molar-refractivity contribution in [2.24, 2.45) is 0 Å². The van der Waals surface area contributed by atoms with Gasteiger partial charge < -0.3 is 5.32 Å². The predicted octanol–water partition coefficient (Wildman–Crippen LogP) is 4.37. The minimum Gasteiger partial charge on any atom is -0.383 e. The molecule has 1 fully saturated rings. The molecule has 1 aromatic rings. The van der Waals surface area contributed by atoms with Gasteiger partial charge >= 0.3 is 0 Å². The van der Waals surface area contributed by atoms with Crippen LogP contribution in [0.3, 0.4) is 0 Å². The SMILES string of the molecule is CCSc1cccc(NCC2(SC)CCC2)c1C#N. The molecular formula is C15H20N2S2. The quantitative estimate of drug-likeness (QED) is 0.790. The van der Waals surface area contributed by atoms with Gasteiger partial charge in [-0.05, 0) is 37.0 Å². The first-order chi connectivity index (χ1) is 9.24. The molecule has 0 amide bonds. The number of benzene rings is 1. The third kappa shape index (κ3) is 3.21. The number of anilines is 1. The van der Waals surface area contributed by atoms with E-state index in [9.17, 15) is 5.26 Å². The summed E-state index contributed by atoms with van der Waals surface area (Å²) in [6.07, 6.45) is 6.09. The molecule has 19 heavy (non-hydrogen) atoms. The largest absolute Gasteiger partial charge is 0.383 e. The number of nitrogens with one attached hydrogen (secondary N) is 1.